The van der Waals surface area contributed by atoms with E-state index in [2.05, 4.69) is 12.1 Å². The number of oxime groups is 1. The van der Waals surface area contributed by atoms with Gasteiger partial charge in [0, 0.05) is 13.1 Å². The molecule has 0 radical (unpaired) electrons. The van der Waals surface area contributed by atoms with Gasteiger partial charge in [-0.05, 0) is 31.6 Å². The Balaban J connectivity index is 1.78. The molecule has 2 heterocycles. The minimum Gasteiger partial charge on any atom is -0.409 e. The van der Waals surface area contributed by atoms with Gasteiger partial charge in [-0.1, -0.05) is 12.1 Å². The summed E-state index contributed by atoms with van der Waals surface area (Å²) in [7, 11) is 0. The summed E-state index contributed by atoms with van der Waals surface area (Å²) in [5.41, 5.74) is 5.02. The smallest absolute Gasteiger partial charge is 0.236 e. The van der Waals surface area contributed by atoms with Gasteiger partial charge in [0.15, 0.2) is 5.84 Å². The van der Waals surface area contributed by atoms with Gasteiger partial charge >= 0.3 is 0 Å². The van der Waals surface area contributed by atoms with Crippen LogP contribution in [0.4, 0.5) is 0 Å². The number of carbonyl (C=O) groups excluding carboxylic acids is 1. The number of amides is 1. The molecule has 6 nitrogen and oxygen atoms in total. The summed E-state index contributed by atoms with van der Waals surface area (Å²) in [4.78, 5) is 14.6. The number of likely N-dealkylation sites (tertiary alicyclic amines) is 1. The van der Waals surface area contributed by atoms with E-state index in [0.29, 0.717) is 31.8 Å². The average Bonchev–Trinajstić information content (AvgIpc) is 2.71. The molecule has 2 aliphatic heterocycles. The van der Waals surface area contributed by atoms with Crippen molar-refractivity contribution in [1.29, 1.82) is 0 Å². The van der Waals surface area contributed by atoms with Crippen LogP contribution in [0.1, 0.15) is 32.6 Å². The van der Waals surface area contributed by atoms with E-state index in [1.54, 1.807) is 0 Å². The molecule has 2 atom stereocenters. The standard InChI is InChI=1S/C13H21N3O3/c1-8-4-13(5-8,11(14)15-18)12(17)16-6-9-2-3-10(7-16)19-9/h8-10,18H,2-7H2,1H3,(H2,14,15). The Kier molecular flexibility index (Phi) is 2.92. The molecular formula is C13H21N3O3. The van der Waals surface area contributed by atoms with Crippen molar-refractivity contribution < 1.29 is 14.7 Å². The molecule has 1 aliphatic carbocycles. The Bertz CT molecular complexity index is 405. The van der Waals surface area contributed by atoms with Crippen LogP contribution in [-0.4, -0.2) is 47.1 Å². The number of nitrogens with zero attached hydrogens (tertiary/aromatic N) is 2. The van der Waals surface area contributed by atoms with Crippen LogP contribution in [0.25, 0.3) is 0 Å². The first-order valence-electron chi connectivity index (χ1n) is 6.98. The highest BCUT2D eigenvalue weighted by atomic mass is 16.5. The van der Waals surface area contributed by atoms with Gasteiger partial charge in [-0.25, -0.2) is 0 Å². The second-order valence-corrected chi connectivity index (χ2v) is 6.25. The van der Waals surface area contributed by atoms with Crippen molar-refractivity contribution in [2.24, 2.45) is 22.2 Å². The number of amidine groups is 1. The van der Waals surface area contributed by atoms with Crippen LogP contribution in [-0.2, 0) is 9.53 Å². The van der Waals surface area contributed by atoms with Crippen molar-refractivity contribution in [1.82, 2.24) is 4.90 Å². The summed E-state index contributed by atoms with van der Waals surface area (Å²) < 4.78 is 5.75. The third kappa shape index (κ3) is 1.89. The van der Waals surface area contributed by atoms with Crippen molar-refractivity contribution in [3.63, 3.8) is 0 Å². The van der Waals surface area contributed by atoms with E-state index in [9.17, 15) is 4.79 Å². The summed E-state index contributed by atoms with van der Waals surface area (Å²) in [5.74, 6) is 0.526. The van der Waals surface area contributed by atoms with Gasteiger partial charge in [-0.3, -0.25) is 4.79 Å². The van der Waals surface area contributed by atoms with E-state index in [1.165, 1.54) is 0 Å². The van der Waals surface area contributed by atoms with Crippen LogP contribution < -0.4 is 5.73 Å². The second kappa shape index (κ2) is 4.37. The quantitative estimate of drug-likeness (QED) is 0.331. The van der Waals surface area contributed by atoms with Crippen LogP contribution in [0, 0.1) is 11.3 Å². The molecule has 0 aromatic rings. The van der Waals surface area contributed by atoms with Gasteiger partial charge in [0.05, 0.1) is 12.2 Å². The normalized spacial score (nSPS) is 42.1. The predicted octanol–water partition coefficient (Wildman–Crippen LogP) is 0.539. The lowest BCUT2D eigenvalue weighted by atomic mass is 9.61. The maximum Gasteiger partial charge on any atom is 0.236 e. The van der Waals surface area contributed by atoms with Crippen LogP contribution in [0.15, 0.2) is 5.16 Å². The number of carbonyl (C=O) groups is 1. The lowest BCUT2D eigenvalue weighted by molar-refractivity contribution is -0.152. The van der Waals surface area contributed by atoms with E-state index in [4.69, 9.17) is 15.7 Å². The fourth-order valence-corrected chi connectivity index (χ4v) is 3.80. The molecular weight excluding hydrogens is 246 g/mol. The lowest BCUT2D eigenvalue weighted by Crippen LogP contribution is -2.60. The third-order valence-corrected chi connectivity index (χ3v) is 4.73. The maximum atomic E-state index is 12.8. The van der Waals surface area contributed by atoms with Crippen molar-refractivity contribution in [2.45, 2.75) is 44.8 Å². The van der Waals surface area contributed by atoms with Crippen molar-refractivity contribution in [3.05, 3.63) is 0 Å². The van der Waals surface area contributed by atoms with Gasteiger partial charge in [-0.15, -0.1) is 0 Å². The highest BCUT2D eigenvalue weighted by Crippen LogP contribution is 2.47. The molecule has 3 N–H and O–H groups in total. The van der Waals surface area contributed by atoms with Gasteiger partial charge in [0.25, 0.3) is 0 Å². The summed E-state index contributed by atoms with van der Waals surface area (Å²) in [6, 6.07) is 0. The number of nitrogens with two attached hydrogens (primary N) is 1. The number of ether oxygens (including phenoxy) is 1. The van der Waals surface area contributed by atoms with E-state index in [0.717, 1.165) is 12.8 Å². The summed E-state index contributed by atoms with van der Waals surface area (Å²) >= 11 is 0. The minimum atomic E-state index is -0.773. The monoisotopic (exact) mass is 267 g/mol. The van der Waals surface area contributed by atoms with Crippen LogP contribution >= 0.6 is 0 Å². The fourth-order valence-electron chi connectivity index (χ4n) is 3.80. The molecule has 0 spiro atoms. The zero-order chi connectivity index (χ0) is 13.6. The summed E-state index contributed by atoms with van der Waals surface area (Å²) in [6.45, 7) is 3.37. The molecule has 1 saturated carbocycles. The zero-order valence-electron chi connectivity index (χ0n) is 11.2. The molecule has 3 aliphatic rings. The molecule has 3 rings (SSSR count). The Morgan fingerprint density at radius 1 is 1.37 bits per heavy atom. The van der Waals surface area contributed by atoms with Gasteiger partial charge in [0.2, 0.25) is 5.91 Å². The number of hydrogen-bond acceptors (Lipinski definition) is 4. The van der Waals surface area contributed by atoms with E-state index in [-0.39, 0.29) is 24.0 Å². The Hall–Kier alpha value is -1.30. The largest absolute Gasteiger partial charge is 0.409 e. The lowest BCUT2D eigenvalue weighted by Gasteiger charge is -2.47. The van der Waals surface area contributed by atoms with E-state index < -0.39 is 5.41 Å². The highest BCUT2D eigenvalue weighted by Gasteiger charge is 2.54. The molecule has 2 bridgehead atoms. The zero-order valence-corrected chi connectivity index (χ0v) is 11.2. The Morgan fingerprint density at radius 2 is 1.95 bits per heavy atom. The Morgan fingerprint density at radius 3 is 2.42 bits per heavy atom. The van der Waals surface area contributed by atoms with Gasteiger partial charge in [-0.2, -0.15) is 0 Å². The van der Waals surface area contributed by atoms with Gasteiger partial charge < -0.3 is 20.6 Å². The molecule has 0 aromatic carbocycles. The predicted molar refractivity (Wildman–Crippen MR) is 68.7 cm³/mol. The second-order valence-electron chi connectivity index (χ2n) is 6.25. The average molecular weight is 267 g/mol. The molecule has 0 aromatic heterocycles. The maximum absolute atomic E-state index is 12.8. The topological polar surface area (TPSA) is 88.2 Å². The fraction of sp³-hybridized carbons (Fsp3) is 0.846. The first kappa shape index (κ1) is 12.7. The van der Waals surface area contributed by atoms with E-state index >= 15 is 0 Å². The molecule has 19 heavy (non-hydrogen) atoms. The van der Waals surface area contributed by atoms with Crippen LogP contribution in [0.2, 0.25) is 0 Å². The molecule has 2 unspecified atom stereocenters. The third-order valence-electron chi connectivity index (χ3n) is 4.73. The van der Waals surface area contributed by atoms with Crippen molar-refractivity contribution in [3.8, 4) is 0 Å². The highest BCUT2D eigenvalue weighted by molar-refractivity contribution is 6.07. The van der Waals surface area contributed by atoms with Crippen LogP contribution in [0.5, 0.6) is 0 Å². The summed E-state index contributed by atoms with van der Waals surface area (Å²) in [5, 5.41) is 12.1. The number of morpholine rings is 1. The number of fused-ring (bicyclic) bond motifs is 2. The van der Waals surface area contributed by atoms with Crippen molar-refractivity contribution >= 4 is 11.7 Å². The first-order valence-corrected chi connectivity index (χ1v) is 6.98. The van der Waals surface area contributed by atoms with Gasteiger partial charge in [0.1, 0.15) is 5.41 Å². The van der Waals surface area contributed by atoms with Crippen LogP contribution in [0.3, 0.4) is 0 Å². The summed E-state index contributed by atoms with van der Waals surface area (Å²) in [6.07, 6.45) is 3.75. The molecule has 6 heteroatoms. The molecule has 2 saturated heterocycles. The number of rotatable bonds is 2. The Labute approximate surface area is 112 Å². The minimum absolute atomic E-state index is 0.0149. The SMILES string of the molecule is CC1CC(C(=O)N2CC3CCC(C2)O3)(C(N)=NO)C1. The number of hydrogen-bond donors (Lipinski definition) is 2. The molecule has 106 valence electrons. The van der Waals surface area contributed by atoms with E-state index in [1.807, 2.05) is 4.90 Å². The van der Waals surface area contributed by atoms with Crippen molar-refractivity contribution in [2.75, 3.05) is 13.1 Å². The first-order chi connectivity index (χ1) is 9.05. The molecule has 3 fully saturated rings. The molecule has 1 amide bonds.